The van der Waals surface area contributed by atoms with Gasteiger partial charge in [0.05, 0.1) is 11.4 Å². The minimum absolute atomic E-state index is 0.00810. The van der Waals surface area contributed by atoms with E-state index >= 15 is 0 Å². The summed E-state index contributed by atoms with van der Waals surface area (Å²) in [5.74, 6) is 2.51. The van der Waals surface area contributed by atoms with E-state index < -0.39 is 0 Å². The van der Waals surface area contributed by atoms with Crippen LogP contribution in [0.4, 0.5) is 39.8 Å². The molecule has 4 fully saturated rings. The van der Waals surface area contributed by atoms with Crippen LogP contribution < -0.4 is 31.1 Å². The van der Waals surface area contributed by atoms with Crippen molar-refractivity contribution in [2.75, 3.05) is 14.7 Å². The predicted molar refractivity (Wildman–Crippen MR) is 461 cm³/mol. The molecule has 4 bridgehead atoms. The van der Waals surface area contributed by atoms with Gasteiger partial charge in [0.15, 0.2) is 0 Å². The molecule has 3 atom stereocenters. The maximum Gasteiger partial charge on any atom is 0.252 e. The first-order valence-electron chi connectivity index (χ1n) is 40.2. The van der Waals surface area contributed by atoms with E-state index in [0.717, 1.165) is 18.3 Å². The van der Waals surface area contributed by atoms with Gasteiger partial charge in [-0.2, -0.15) is 0 Å². The molecule has 0 amide bonds. The summed E-state index contributed by atoms with van der Waals surface area (Å²) in [4.78, 5) is 8.63. The molecule has 528 valence electrons. The van der Waals surface area contributed by atoms with Crippen molar-refractivity contribution in [1.29, 1.82) is 0 Å². The fraction of sp³-hybridized carbons (Fsp3) is 0.200. The summed E-state index contributed by atoms with van der Waals surface area (Å²) >= 11 is 0. The van der Waals surface area contributed by atoms with Crippen molar-refractivity contribution in [2.45, 2.75) is 92.2 Å². The maximum atomic E-state index is 2.99. The zero-order valence-electron chi connectivity index (χ0n) is 63.3. The van der Waals surface area contributed by atoms with Crippen LogP contribution in [0.3, 0.4) is 0 Å². The summed E-state index contributed by atoms with van der Waals surface area (Å²) in [6, 6.07) is 111. The zero-order chi connectivity index (χ0) is 73.0. The van der Waals surface area contributed by atoms with Gasteiger partial charge in [0.25, 0.3) is 6.71 Å². The third-order valence-corrected chi connectivity index (χ3v) is 26.2. The molecule has 109 heavy (non-hydrogen) atoms. The van der Waals surface area contributed by atoms with E-state index in [9.17, 15) is 0 Å². The molecule has 6 aliphatic carbocycles. The quantitative estimate of drug-likeness (QED) is 0.120. The largest absolute Gasteiger partial charge is 0.365 e. The molecule has 2 saturated carbocycles. The first kappa shape index (κ1) is 65.8. The van der Waals surface area contributed by atoms with Crippen LogP contribution in [0.25, 0.3) is 83.5 Å². The van der Waals surface area contributed by atoms with Gasteiger partial charge >= 0.3 is 0 Å². The molecule has 4 heteroatoms. The van der Waals surface area contributed by atoms with Crippen LogP contribution in [0.15, 0.2) is 349 Å². The van der Waals surface area contributed by atoms with E-state index in [2.05, 4.69) is 378 Å². The van der Waals surface area contributed by atoms with Gasteiger partial charge in [-0.3, -0.25) is 0 Å². The average Bonchev–Trinajstić information content (AvgIpc) is 0.685. The smallest absolute Gasteiger partial charge is 0.252 e. The van der Waals surface area contributed by atoms with Crippen molar-refractivity contribution in [2.24, 2.45) is 40.4 Å². The lowest BCUT2D eigenvalue weighted by Crippen LogP contribution is -2.62. The highest BCUT2D eigenvalue weighted by molar-refractivity contribution is 7.00. The normalized spacial score (nSPS) is 21.1. The number of rotatable bonds is 11. The number of hydrogen-bond acceptors (Lipinski definition) is 3. The zero-order valence-corrected chi connectivity index (χ0v) is 63.3. The van der Waals surface area contributed by atoms with Gasteiger partial charge in [0.1, 0.15) is 0 Å². The van der Waals surface area contributed by atoms with Gasteiger partial charge in [-0.25, -0.2) is 0 Å². The second kappa shape index (κ2) is 25.6. The van der Waals surface area contributed by atoms with Gasteiger partial charge in [-0.1, -0.05) is 320 Å². The summed E-state index contributed by atoms with van der Waals surface area (Å²) in [7, 11) is 0. The summed E-state index contributed by atoms with van der Waals surface area (Å²) < 4.78 is 0. The molecule has 4 heterocycles. The van der Waals surface area contributed by atoms with E-state index in [-0.39, 0.29) is 17.5 Å². The average molecular weight is 1400 g/mol. The minimum Gasteiger partial charge on any atom is -0.365 e. The molecule has 3 nitrogen and oxygen atoms in total. The molecule has 0 N–H and O–H groups in total. The van der Waals surface area contributed by atoms with Crippen molar-refractivity contribution in [3.63, 3.8) is 0 Å². The molecule has 4 aliphatic heterocycles. The SMILES string of the molecule is CC(C)(C)C1=CC2=CC(c3ccc4c(c3)N(c3c(-c5ccccc5)cc(-c5ccccc5)cc3-c3ccccc3)c3cc(N5C6CC7CC(C6)CC5C7)cc5c3B4c3ccc(-c4ccccc4)cc3N5c3c(-c4ccccc4)cc(-c4ccccc4)cc3-c3ccccc3)=C3C=C(C(C)(C)C)CC4C=CC(=C1)C2C34. The van der Waals surface area contributed by atoms with E-state index in [1.165, 1.54) is 205 Å². The van der Waals surface area contributed by atoms with Crippen molar-refractivity contribution in [3.05, 3.63) is 355 Å². The molecule has 3 unspecified atom stereocenters. The number of piperidine rings is 2. The van der Waals surface area contributed by atoms with Crippen molar-refractivity contribution in [3.8, 4) is 77.9 Å². The van der Waals surface area contributed by atoms with E-state index in [4.69, 9.17) is 0 Å². The Hall–Kier alpha value is -11.5. The topological polar surface area (TPSA) is 9.72 Å². The lowest BCUT2D eigenvalue weighted by atomic mass is 9.33. The predicted octanol–water partition coefficient (Wildman–Crippen LogP) is 25.6. The van der Waals surface area contributed by atoms with E-state index in [1.54, 1.807) is 0 Å². The number of benzene rings is 12. The van der Waals surface area contributed by atoms with Crippen molar-refractivity contribution < 1.29 is 0 Å². The standard InChI is InChI=1S/C105H90BN3/c1-104(2,3)82-53-77-42-43-78-54-83(105(4,5)6)63-92-87(60-81(55-82)99(77)100(78)92)76-45-47-94-96(62-76)109(103-90(73-38-24-12-25-39-73)58-80(70-32-18-9-19-33-70)59-91(103)74-40-26-13-27-41-74)98-65-86(107-84-49-66-48-67(51-84)52-85(107)50-66)64-97-101(98)106(94)93-46-44-75(68-28-14-7-15-29-68)61-95(93)108(97)102-88(71-34-20-10-21-35-71)56-79(69-30-16-8-17-31-69)57-89(102)72-36-22-11-23-37-72/h7-47,53,55-67,78,84-85,99-100H,48-52,54H2,1-6H3. The Morgan fingerprint density at radius 1 is 0.349 bits per heavy atom. The van der Waals surface area contributed by atoms with Crippen LogP contribution in [0.2, 0.25) is 0 Å². The van der Waals surface area contributed by atoms with Crippen LogP contribution >= 0.6 is 0 Å². The highest BCUT2D eigenvalue weighted by atomic mass is 15.2. The van der Waals surface area contributed by atoms with Crippen molar-refractivity contribution >= 4 is 68.5 Å². The van der Waals surface area contributed by atoms with Gasteiger partial charge in [-0.15, -0.1) is 0 Å². The summed E-state index contributed by atoms with van der Waals surface area (Å²) in [6.07, 6.45) is 23.0. The van der Waals surface area contributed by atoms with E-state index in [1.807, 2.05) is 0 Å². The molecule has 0 radical (unpaired) electrons. The molecular weight excluding hydrogens is 1310 g/mol. The number of nitrogens with zero attached hydrogens (tertiary/aromatic N) is 3. The van der Waals surface area contributed by atoms with Gasteiger partial charge in [-0.05, 0) is 221 Å². The van der Waals surface area contributed by atoms with Crippen LogP contribution in [0.1, 0.15) is 85.6 Å². The number of allylic oxidation sites excluding steroid dienone is 12. The highest BCUT2D eigenvalue weighted by Crippen LogP contribution is 2.61. The number of hydrogen-bond donors (Lipinski definition) is 0. The Kier molecular flexibility index (Phi) is 15.5. The van der Waals surface area contributed by atoms with Crippen LogP contribution in [-0.2, 0) is 0 Å². The highest BCUT2D eigenvalue weighted by Gasteiger charge is 2.51. The Bertz CT molecular complexity index is 5700. The first-order chi connectivity index (χ1) is 53.3. The third kappa shape index (κ3) is 11.0. The second-order valence-corrected chi connectivity index (χ2v) is 34.7. The van der Waals surface area contributed by atoms with Gasteiger partial charge in [0.2, 0.25) is 0 Å². The van der Waals surface area contributed by atoms with E-state index in [0.29, 0.717) is 29.8 Å². The molecular formula is C105H90BN3. The summed E-state index contributed by atoms with van der Waals surface area (Å²) in [6.45, 7) is 14.3. The molecule has 22 rings (SSSR count). The lowest BCUT2D eigenvalue weighted by molar-refractivity contribution is 0.0900. The van der Waals surface area contributed by atoms with Crippen LogP contribution in [0.5, 0.6) is 0 Å². The Labute approximate surface area is 644 Å². The summed E-state index contributed by atoms with van der Waals surface area (Å²) in [5, 5.41) is 0. The second-order valence-electron chi connectivity index (χ2n) is 34.7. The fourth-order valence-corrected chi connectivity index (χ4v) is 21.2. The Balaban J connectivity index is 0.929. The molecule has 2 saturated heterocycles. The van der Waals surface area contributed by atoms with Crippen molar-refractivity contribution in [1.82, 2.24) is 0 Å². The first-order valence-corrected chi connectivity index (χ1v) is 40.2. The monoisotopic (exact) mass is 1400 g/mol. The van der Waals surface area contributed by atoms with Crippen LogP contribution in [-0.4, -0.2) is 18.8 Å². The molecule has 10 aliphatic rings. The Morgan fingerprint density at radius 2 is 0.761 bits per heavy atom. The number of anilines is 7. The lowest BCUT2D eigenvalue weighted by Gasteiger charge is -2.58. The molecule has 12 aromatic carbocycles. The Morgan fingerprint density at radius 3 is 1.19 bits per heavy atom. The minimum atomic E-state index is -0.193. The molecule has 0 aromatic heterocycles. The molecule has 0 spiro atoms. The van der Waals surface area contributed by atoms with Gasteiger partial charge in [0, 0.05) is 74.6 Å². The third-order valence-electron chi connectivity index (χ3n) is 26.2. The number of fused-ring (bicyclic) bond motifs is 4. The van der Waals surface area contributed by atoms with Crippen LogP contribution in [0, 0.1) is 40.4 Å². The fourth-order valence-electron chi connectivity index (χ4n) is 21.2. The van der Waals surface area contributed by atoms with Gasteiger partial charge < -0.3 is 14.7 Å². The molecule has 12 aromatic rings. The summed E-state index contributed by atoms with van der Waals surface area (Å²) in [5.41, 5.74) is 38.9. The maximum absolute atomic E-state index is 2.99.